The van der Waals surface area contributed by atoms with Gasteiger partial charge in [0.2, 0.25) is 106 Å². The molecule has 0 fully saturated rings. The largest absolute Gasteiger partial charge is 0.481 e. The first kappa shape index (κ1) is 123. The highest BCUT2D eigenvalue weighted by Gasteiger charge is 2.43. The number of hydrogen-bond donors (Lipinski definition) is 29. The molecule has 0 aliphatic rings. The smallest absolute Gasteiger partial charge is 0.326 e. The highest BCUT2D eigenvalue weighted by atomic mass is 32.2. The summed E-state index contributed by atoms with van der Waals surface area (Å²) >= 11 is 1.24. The number of fused-ring (bicyclic) bond motifs is 1. The Hall–Kier alpha value is -14.1. The zero-order valence-corrected chi connectivity index (χ0v) is 85.1. The van der Waals surface area contributed by atoms with Crippen LogP contribution in [0.2, 0.25) is 0 Å². The highest BCUT2D eigenvalue weighted by Crippen LogP contribution is 2.23. The molecule has 34 N–H and O–H groups in total. The molecule has 3 heterocycles. The van der Waals surface area contributed by atoms with Gasteiger partial charge in [-0.1, -0.05) is 103 Å². The number of aliphatic hydroxyl groups excluding tert-OH is 3. The van der Waals surface area contributed by atoms with E-state index < -0.39 is 283 Å². The SMILES string of the molecule is CC[C@H](C)[C@H](NC(=O)[C@H](Cc1c[nH]c2ccccc12)NC(=O)[C@H](CC(=O)O)NC(=O)[C@H](CCSC)NC(=O)[C@H](CCCCN)NC(=O)[C@@H](NC(=O)[C@@H](N)[C@@H](C)O)[C@@H](C)O)C(=O)N[C@@H](Cc1ccccc1)C(=O)N[C@@H](Cc1c[nH]cn1)C(=O)N[C@H](C(=O)N[C@H](C(=O)N[C@@H](CCCCN)C(=O)N[C@@H](CCC(N)=O)C(=O)N[C@@H](Cc1c[nH]cn1)C(=O)N[C@@H](C)C(=O)N[C@@H](CC(C)C)C(=O)N[C@@H](CC(N)=O)C(=O)O)[C@@H](C)CC)[C@@H](C)O. The second-order valence-electron chi connectivity index (χ2n) is 36.7. The molecule has 0 unspecified atom stereocenters. The molecule has 0 aliphatic carbocycles. The van der Waals surface area contributed by atoms with E-state index in [1.807, 2.05) is 0 Å². The second kappa shape index (κ2) is 62.7. The number of benzene rings is 2. The number of nitrogens with zero attached hydrogens (tertiary/aromatic N) is 2. The van der Waals surface area contributed by atoms with Crippen LogP contribution in [-0.2, 0) is 122 Å². The number of primary amides is 2. The maximum atomic E-state index is 15.4. The fourth-order valence-electron chi connectivity index (χ4n) is 15.3. The summed E-state index contributed by atoms with van der Waals surface area (Å²) in [6.45, 7) is 14.9. The fraction of sp³-hybridized carbons (Fsp3) is 0.579. The lowest BCUT2D eigenvalue weighted by Gasteiger charge is -2.31. The van der Waals surface area contributed by atoms with Gasteiger partial charge >= 0.3 is 11.9 Å². The Morgan fingerprint density at radius 3 is 1.21 bits per heavy atom. The number of aliphatic carboxylic acids is 2. The van der Waals surface area contributed by atoms with Crippen LogP contribution in [0.5, 0.6) is 0 Å². The molecule has 18 amide bonds. The minimum atomic E-state index is -2.01. The molecule has 0 radical (unpaired) electrons. The van der Waals surface area contributed by atoms with Gasteiger partial charge in [-0.05, 0) is 146 Å². The number of rotatable bonds is 68. The van der Waals surface area contributed by atoms with Crippen LogP contribution in [0, 0.1) is 17.8 Å². The molecule has 3 aromatic heterocycles. The summed E-state index contributed by atoms with van der Waals surface area (Å²) in [7, 11) is 0. The maximum Gasteiger partial charge on any atom is 0.326 e. The number of imidazole rings is 2. The van der Waals surface area contributed by atoms with Gasteiger partial charge in [-0.15, -0.1) is 0 Å². The molecular formula is C95H146N26O25S. The molecule has 812 valence electrons. The number of H-pyrrole nitrogens is 3. The standard InChI is InChI=1S/C95H146N26O25S/c1-12-48(5)75(118-88(138)66(37-55-42-103-59-26-18-17-25-58(55)59)112-87(137)69(41-73(127)128)115-83(133)63(31-34-147-11)108-81(131)61(28-20-22-33-97)110-93(143)77(52(9)123)121-90(140)74(100)51(8)122)92(142)116-65(36-54-23-15-14-16-24-54)86(136)114-68(39-57-44-102-46-105-57)89(139)120-78(53(10)124)94(144)119-76(49(6)13-2)91(141)109-60(27-19-21-32-96)80(130)107-62(29-30-71(98)125)82(132)113-67(38-56-43-101-45-104-56)84(134)106-50(7)79(129)111-64(35-47(3)4)85(135)117-70(95(145)146)40-72(99)126/h14-18,23-26,42-53,60-70,74-78,103,122-124H,12-13,19-22,27-41,96-97,100H2,1-11H3,(H2,98,125)(H2,99,126)(H,101,104)(H,102,105)(H,106,134)(H,107,130)(H,108,131)(H,109,141)(H,110,143)(H,111,129)(H,112,137)(H,113,132)(H,114,136)(H,115,133)(H,116,142)(H,117,135)(H,118,138)(H,119,144)(H,120,139)(H,121,140)(H,127,128)(H,145,146)/t48-,49-,50-,51+,52+,53+,60-,61-,62-,63-,64-,65-,66-,67-,68-,69-,70-,74-,75-,76-,77-,78-/m0/s1. The van der Waals surface area contributed by atoms with Crippen molar-refractivity contribution in [1.82, 2.24) is 110 Å². The summed E-state index contributed by atoms with van der Waals surface area (Å²) in [5.41, 5.74) is 30.0. The summed E-state index contributed by atoms with van der Waals surface area (Å²) in [6, 6.07) is -13.0. The lowest BCUT2D eigenvalue weighted by molar-refractivity contribution is -0.144. The second-order valence-corrected chi connectivity index (χ2v) is 37.7. The zero-order chi connectivity index (χ0) is 110. The van der Waals surface area contributed by atoms with Gasteiger partial charge in [0.25, 0.3) is 0 Å². The number of carbonyl (C=O) groups is 20. The first-order valence-electron chi connectivity index (χ1n) is 48.7. The van der Waals surface area contributed by atoms with Crippen molar-refractivity contribution >= 4 is 141 Å². The molecule has 22 atom stereocenters. The predicted molar refractivity (Wildman–Crippen MR) is 536 cm³/mol. The number of carboxylic acid groups (broad SMARTS) is 2. The van der Waals surface area contributed by atoms with E-state index in [4.69, 9.17) is 28.7 Å². The van der Waals surface area contributed by atoms with Crippen molar-refractivity contribution in [2.75, 3.05) is 25.1 Å². The summed E-state index contributed by atoms with van der Waals surface area (Å²) in [4.78, 5) is 298. The number of aliphatic hydroxyl groups is 3. The number of aromatic nitrogens is 5. The number of carbonyl (C=O) groups excluding carboxylic acids is 18. The highest BCUT2D eigenvalue weighted by molar-refractivity contribution is 7.98. The van der Waals surface area contributed by atoms with E-state index in [0.717, 1.165) is 6.92 Å². The van der Waals surface area contributed by atoms with E-state index in [1.165, 1.54) is 57.6 Å². The normalized spacial score (nSPS) is 15.8. The van der Waals surface area contributed by atoms with E-state index in [2.05, 4.69) is 110 Å². The lowest BCUT2D eigenvalue weighted by Crippen LogP contribution is -2.63. The van der Waals surface area contributed by atoms with Gasteiger partial charge in [0.1, 0.15) is 103 Å². The topological polar surface area (TPSA) is 838 Å². The molecule has 0 spiro atoms. The zero-order valence-electron chi connectivity index (χ0n) is 84.3. The number of hydrogen-bond acceptors (Lipinski definition) is 29. The predicted octanol–water partition coefficient (Wildman–Crippen LogP) is -6.02. The lowest BCUT2D eigenvalue weighted by atomic mass is 9.96. The Labute approximate surface area is 854 Å². The Kier molecular flexibility index (Phi) is 52.6. The Morgan fingerprint density at radius 2 is 0.762 bits per heavy atom. The third-order valence-corrected chi connectivity index (χ3v) is 24.9. The molecule has 0 bridgehead atoms. The van der Waals surface area contributed by atoms with Crippen molar-refractivity contribution in [3.05, 3.63) is 108 Å². The van der Waals surface area contributed by atoms with Crippen molar-refractivity contribution in [2.24, 2.45) is 46.4 Å². The van der Waals surface area contributed by atoms with Crippen molar-refractivity contribution in [1.29, 1.82) is 0 Å². The fourth-order valence-corrected chi connectivity index (χ4v) is 15.8. The van der Waals surface area contributed by atoms with E-state index in [9.17, 15) is 102 Å². The first-order chi connectivity index (χ1) is 69.5. The average Bonchev–Trinajstić information content (AvgIpc) is 1.72. The van der Waals surface area contributed by atoms with Crippen LogP contribution in [0.15, 0.2) is 85.8 Å². The molecule has 52 heteroatoms. The van der Waals surface area contributed by atoms with E-state index in [-0.39, 0.29) is 113 Å². The quantitative estimate of drug-likeness (QED) is 0.0161. The van der Waals surface area contributed by atoms with Gasteiger partial charge in [-0.25, -0.2) is 14.8 Å². The molecule has 147 heavy (non-hydrogen) atoms. The number of carboxylic acids is 2. The maximum absolute atomic E-state index is 15.4. The molecule has 0 aliphatic heterocycles. The summed E-state index contributed by atoms with van der Waals surface area (Å²) in [5, 5.41) is 93.0. The number of unbranched alkanes of at least 4 members (excludes halogenated alkanes) is 2. The van der Waals surface area contributed by atoms with Gasteiger partial charge in [0.05, 0.1) is 55.2 Å². The Bertz CT molecular complexity index is 5210. The Morgan fingerprint density at radius 1 is 0.381 bits per heavy atom. The summed E-state index contributed by atoms with van der Waals surface area (Å²) < 4.78 is 0. The van der Waals surface area contributed by atoms with Crippen molar-refractivity contribution in [3.63, 3.8) is 0 Å². The minimum Gasteiger partial charge on any atom is -0.481 e. The number of para-hydroxylation sites is 1. The average molecular weight is 2080 g/mol. The van der Waals surface area contributed by atoms with Crippen LogP contribution in [0.25, 0.3) is 10.9 Å². The van der Waals surface area contributed by atoms with Crippen LogP contribution < -0.4 is 114 Å². The first-order valence-corrected chi connectivity index (χ1v) is 50.0. The number of nitrogens with one attached hydrogen (secondary N) is 19. The van der Waals surface area contributed by atoms with E-state index in [0.29, 0.717) is 28.5 Å². The van der Waals surface area contributed by atoms with Crippen molar-refractivity contribution in [2.45, 2.75) is 306 Å². The summed E-state index contributed by atoms with van der Waals surface area (Å²) in [5.74, 6) is -23.7. The number of thioether (sulfide) groups is 1. The van der Waals surface area contributed by atoms with Crippen LogP contribution >= 0.6 is 11.8 Å². The van der Waals surface area contributed by atoms with Crippen molar-refractivity contribution in [3.8, 4) is 0 Å². The summed E-state index contributed by atoms with van der Waals surface area (Å²) in [6.07, 6.45) is 0.254. The molecule has 5 rings (SSSR count). The molecular weight excluding hydrogens is 1940 g/mol. The third-order valence-electron chi connectivity index (χ3n) is 24.2. The third kappa shape index (κ3) is 41.8. The van der Waals surface area contributed by atoms with Gasteiger partial charge in [0.15, 0.2) is 0 Å². The van der Waals surface area contributed by atoms with E-state index in [1.54, 1.807) is 109 Å². The van der Waals surface area contributed by atoms with E-state index >= 15 is 19.2 Å². The number of aromatic amines is 3. The van der Waals surface area contributed by atoms with Gasteiger partial charge in [-0.2, -0.15) is 11.8 Å². The van der Waals surface area contributed by atoms with Crippen LogP contribution in [0.1, 0.15) is 182 Å². The number of nitrogens with two attached hydrogens (primary N) is 5. The van der Waals surface area contributed by atoms with Crippen molar-refractivity contribution < 1.29 is 121 Å². The molecule has 0 saturated heterocycles. The van der Waals surface area contributed by atoms with Gasteiger partial charge in [-0.3, -0.25) is 91.1 Å². The molecule has 5 aromatic rings. The molecule has 2 aromatic carbocycles. The number of amides is 18. The molecule has 0 saturated carbocycles. The molecule has 51 nitrogen and oxygen atoms in total. The van der Waals surface area contributed by atoms with Crippen LogP contribution in [0.4, 0.5) is 0 Å². The van der Waals surface area contributed by atoms with Crippen LogP contribution in [-0.4, -0.2) is 315 Å². The van der Waals surface area contributed by atoms with Gasteiger partial charge < -0.3 is 154 Å². The monoisotopic (exact) mass is 2080 g/mol. The minimum absolute atomic E-state index is 0.0476. The van der Waals surface area contributed by atoms with Gasteiger partial charge in [0, 0.05) is 61.6 Å². The Balaban J connectivity index is 1.44. The van der Waals surface area contributed by atoms with Crippen LogP contribution in [0.3, 0.4) is 0 Å².